The molecule has 0 saturated carbocycles. The first-order chi connectivity index (χ1) is 8.04. The van der Waals surface area contributed by atoms with E-state index in [-0.39, 0.29) is 6.61 Å². The number of aryl methyl sites for hydroxylation is 2. The fraction of sp³-hybridized carbons (Fsp3) is 0.333. The Kier molecular flexibility index (Phi) is 2.75. The highest BCUT2D eigenvalue weighted by Crippen LogP contribution is 2.25. The Morgan fingerprint density at radius 1 is 1.53 bits per heavy atom. The van der Waals surface area contributed by atoms with Crippen molar-refractivity contribution in [3.05, 3.63) is 34.5 Å². The second-order valence-electron chi connectivity index (χ2n) is 3.77. The molecular weight excluding hydrogens is 222 g/mol. The van der Waals surface area contributed by atoms with Crippen molar-refractivity contribution in [1.82, 2.24) is 0 Å². The molecule has 2 aromatic heterocycles. The molecule has 0 aromatic carbocycles. The summed E-state index contributed by atoms with van der Waals surface area (Å²) in [6, 6.07) is 1.61. The molecule has 0 amide bonds. The minimum Gasteiger partial charge on any atom is -0.618 e. The van der Waals surface area contributed by atoms with Crippen molar-refractivity contribution in [1.29, 1.82) is 0 Å². The van der Waals surface area contributed by atoms with Crippen molar-refractivity contribution in [3.8, 4) is 0 Å². The van der Waals surface area contributed by atoms with Gasteiger partial charge in [0.05, 0.1) is 6.61 Å². The van der Waals surface area contributed by atoms with E-state index in [1.165, 1.54) is 6.20 Å². The van der Waals surface area contributed by atoms with Crippen molar-refractivity contribution in [2.45, 2.75) is 20.8 Å². The summed E-state index contributed by atoms with van der Waals surface area (Å²) in [6.45, 7) is 5.37. The Morgan fingerprint density at radius 2 is 2.24 bits per heavy atom. The molecule has 5 heteroatoms. The summed E-state index contributed by atoms with van der Waals surface area (Å²) in [4.78, 5) is 11.7. The number of aromatic nitrogens is 1. The lowest BCUT2D eigenvalue weighted by Gasteiger charge is -2.01. The van der Waals surface area contributed by atoms with E-state index in [1.54, 1.807) is 26.8 Å². The van der Waals surface area contributed by atoms with Gasteiger partial charge in [0.2, 0.25) is 0 Å². The van der Waals surface area contributed by atoms with Crippen LogP contribution < -0.4 is 4.73 Å². The van der Waals surface area contributed by atoms with E-state index in [0.717, 1.165) is 0 Å². The van der Waals surface area contributed by atoms with Crippen LogP contribution in [0.5, 0.6) is 0 Å². The van der Waals surface area contributed by atoms with Crippen molar-refractivity contribution in [3.63, 3.8) is 0 Å². The Balaban J connectivity index is 2.66. The zero-order valence-electron chi connectivity index (χ0n) is 9.94. The van der Waals surface area contributed by atoms with Crippen LogP contribution in [0.25, 0.3) is 11.0 Å². The third-order valence-corrected chi connectivity index (χ3v) is 2.56. The van der Waals surface area contributed by atoms with Gasteiger partial charge in [-0.2, -0.15) is 4.73 Å². The number of fused-ring (bicyclic) bond motifs is 1. The summed E-state index contributed by atoms with van der Waals surface area (Å²) in [5.74, 6) is -0.00310. The summed E-state index contributed by atoms with van der Waals surface area (Å²) < 4.78 is 11.1. The van der Waals surface area contributed by atoms with E-state index in [9.17, 15) is 10.0 Å². The van der Waals surface area contributed by atoms with Crippen molar-refractivity contribution < 1.29 is 18.7 Å². The summed E-state index contributed by atoms with van der Waals surface area (Å²) >= 11 is 0. The SMILES string of the molecule is CCOC(=O)c1c(C)oc2cc(C)[n+]([O-])cc12. The molecule has 0 aliphatic carbocycles. The highest BCUT2D eigenvalue weighted by molar-refractivity contribution is 6.04. The van der Waals surface area contributed by atoms with E-state index < -0.39 is 5.97 Å². The van der Waals surface area contributed by atoms with Gasteiger partial charge in [0.15, 0.2) is 11.9 Å². The summed E-state index contributed by atoms with van der Waals surface area (Å²) in [5.41, 5.74) is 1.36. The first kappa shape index (κ1) is 11.4. The molecule has 0 unspecified atom stereocenters. The highest BCUT2D eigenvalue weighted by atomic mass is 16.5. The molecule has 0 aliphatic heterocycles. The second-order valence-corrected chi connectivity index (χ2v) is 3.77. The number of rotatable bonds is 2. The van der Waals surface area contributed by atoms with Gasteiger partial charge in [0.25, 0.3) is 0 Å². The number of nitrogens with zero attached hydrogens (tertiary/aromatic N) is 1. The van der Waals surface area contributed by atoms with Gasteiger partial charge < -0.3 is 14.4 Å². The quantitative estimate of drug-likeness (QED) is 0.452. The van der Waals surface area contributed by atoms with Gasteiger partial charge in [-0.15, -0.1) is 0 Å². The van der Waals surface area contributed by atoms with Crippen molar-refractivity contribution in [2.24, 2.45) is 0 Å². The van der Waals surface area contributed by atoms with E-state index in [2.05, 4.69) is 0 Å². The molecule has 2 aromatic rings. The highest BCUT2D eigenvalue weighted by Gasteiger charge is 2.22. The molecule has 0 spiro atoms. The van der Waals surface area contributed by atoms with Gasteiger partial charge in [-0.3, -0.25) is 0 Å². The van der Waals surface area contributed by atoms with Crippen LogP contribution in [0.3, 0.4) is 0 Å². The van der Waals surface area contributed by atoms with Gasteiger partial charge in [0, 0.05) is 13.0 Å². The number of hydrogen-bond acceptors (Lipinski definition) is 4. The van der Waals surface area contributed by atoms with E-state index in [1.807, 2.05) is 0 Å². The number of carbonyl (C=O) groups is 1. The lowest BCUT2D eigenvalue weighted by Crippen LogP contribution is -2.29. The van der Waals surface area contributed by atoms with Crippen LogP contribution in [0, 0.1) is 19.1 Å². The number of ether oxygens (including phenoxy) is 1. The first-order valence-electron chi connectivity index (χ1n) is 5.34. The predicted octanol–water partition coefficient (Wildman–Crippen LogP) is 1.86. The molecule has 0 atom stereocenters. The molecule has 0 fully saturated rings. The molecule has 90 valence electrons. The van der Waals surface area contributed by atoms with Crippen LogP contribution in [-0.4, -0.2) is 12.6 Å². The van der Waals surface area contributed by atoms with Crippen LogP contribution in [-0.2, 0) is 4.74 Å². The van der Waals surface area contributed by atoms with Crippen LogP contribution in [0.15, 0.2) is 16.7 Å². The molecule has 0 aliphatic rings. The van der Waals surface area contributed by atoms with E-state index in [0.29, 0.717) is 32.7 Å². The molecule has 17 heavy (non-hydrogen) atoms. The van der Waals surface area contributed by atoms with Crippen LogP contribution in [0.4, 0.5) is 0 Å². The Labute approximate surface area is 98.2 Å². The lowest BCUT2D eigenvalue weighted by molar-refractivity contribution is -0.610. The normalized spacial score (nSPS) is 10.8. The van der Waals surface area contributed by atoms with Gasteiger partial charge in [0.1, 0.15) is 22.3 Å². The zero-order valence-corrected chi connectivity index (χ0v) is 9.94. The maximum absolute atomic E-state index is 11.7. The molecule has 2 heterocycles. The Bertz CT molecular complexity index is 586. The molecule has 0 bridgehead atoms. The summed E-state index contributed by atoms with van der Waals surface area (Å²) in [6.07, 6.45) is 1.34. The third kappa shape index (κ3) is 1.84. The smallest absolute Gasteiger partial charge is 0.342 e. The van der Waals surface area contributed by atoms with Crippen molar-refractivity contribution in [2.75, 3.05) is 6.61 Å². The number of pyridine rings is 1. The maximum atomic E-state index is 11.7. The molecular formula is C12H13NO4. The fourth-order valence-electron chi connectivity index (χ4n) is 1.75. The second kappa shape index (κ2) is 4.08. The Morgan fingerprint density at radius 3 is 2.88 bits per heavy atom. The molecule has 0 N–H and O–H groups in total. The van der Waals surface area contributed by atoms with Crippen LogP contribution in [0.1, 0.15) is 28.7 Å². The van der Waals surface area contributed by atoms with Crippen LogP contribution >= 0.6 is 0 Å². The first-order valence-corrected chi connectivity index (χ1v) is 5.34. The average molecular weight is 235 g/mol. The largest absolute Gasteiger partial charge is 0.618 e. The summed E-state index contributed by atoms with van der Waals surface area (Å²) in [7, 11) is 0. The minimum atomic E-state index is -0.465. The van der Waals surface area contributed by atoms with Gasteiger partial charge in [-0.25, -0.2) is 4.79 Å². The van der Waals surface area contributed by atoms with E-state index >= 15 is 0 Å². The number of hydrogen-bond donors (Lipinski definition) is 0. The molecule has 5 nitrogen and oxygen atoms in total. The van der Waals surface area contributed by atoms with E-state index in [4.69, 9.17) is 9.15 Å². The molecule has 0 radical (unpaired) electrons. The fourth-order valence-corrected chi connectivity index (χ4v) is 1.75. The predicted molar refractivity (Wildman–Crippen MR) is 60.6 cm³/mol. The Hall–Kier alpha value is -2.04. The number of carbonyl (C=O) groups excluding carboxylic acids is 1. The third-order valence-electron chi connectivity index (χ3n) is 2.56. The topological polar surface area (TPSA) is 66.4 Å². The molecule has 2 rings (SSSR count). The monoisotopic (exact) mass is 235 g/mol. The number of furan rings is 1. The van der Waals surface area contributed by atoms with Crippen LogP contribution in [0.2, 0.25) is 0 Å². The average Bonchev–Trinajstić information content (AvgIpc) is 2.55. The molecule has 0 saturated heterocycles. The minimum absolute atomic E-state index is 0.286. The van der Waals surface area contributed by atoms with Crippen molar-refractivity contribution >= 4 is 16.9 Å². The van der Waals surface area contributed by atoms with Gasteiger partial charge in [-0.05, 0) is 13.8 Å². The lowest BCUT2D eigenvalue weighted by atomic mass is 10.1. The summed E-state index contributed by atoms with van der Waals surface area (Å²) in [5, 5.41) is 12.0. The number of esters is 1. The standard InChI is InChI=1S/C12H13NO4/c1-4-16-12(14)11-8(3)17-10-5-7(2)13(15)6-9(10)11/h5-6H,4H2,1-3H3. The maximum Gasteiger partial charge on any atom is 0.342 e. The van der Waals surface area contributed by atoms with Gasteiger partial charge in [-0.1, -0.05) is 0 Å². The van der Waals surface area contributed by atoms with Gasteiger partial charge >= 0.3 is 5.97 Å². The zero-order chi connectivity index (χ0) is 12.6.